The van der Waals surface area contributed by atoms with E-state index >= 15 is 0 Å². The molecule has 1 fully saturated rings. The molecule has 0 bridgehead atoms. The van der Waals surface area contributed by atoms with Crippen LogP contribution in [-0.2, 0) is 4.79 Å². The number of nitrogens with two attached hydrogens (primary N) is 1. The maximum absolute atomic E-state index is 12.8. The molecule has 1 aliphatic rings. The van der Waals surface area contributed by atoms with E-state index in [0.29, 0.717) is 12.5 Å². The summed E-state index contributed by atoms with van der Waals surface area (Å²) in [5.41, 5.74) is 5.67. The molecule has 0 aliphatic heterocycles. The van der Waals surface area contributed by atoms with Crippen LogP contribution in [0.3, 0.4) is 0 Å². The van der Waals surface area contributed by atoms with Gasteiger partial charge in [0.05, 0.1) is 5.41 Å². The fourth-order valence-electron chi connectivity index (χ4n) is 3.07. The number of hydrogen-bond acceptors (Lipinski definition) is 3. The molecule has 4 heteroatoms. The molecule has 0 radical (unpaired) electrons. The standard InChI is InChI=1S/C16H33N3O/c1-13(2)14(11-19(3)4)18-15(20)16(12-17)9-7-5-6-8-10-16/h13-14H,5-12,17H2,1-4H3,(H,18,20). The lowest BCUT2D eigenvalue weighted by Gasteiger charge is -2.34. The van der Waals surface area contributed by atoms with Gasteiger partial charge in [0.15, 0.2) is 0 Å². The van der Waals surface area contributed by atoms with E-state index in [0.717, 1.165) is 32.2 Å². The van der Waals surface area contributed by atoms with Crippen LogP contribution < -0.4 is 11.1 Å². The molecule has 0 aromatic rings. The van der Waals surface area contributed by atoms with Crippen LogP contribution in [0.2, 0.25) is 0 Å². The van der Waals surface area contributed by atoms with Crippen molar-refractivity contribution < 1.29 is 4.79 Å². The van der Waals surface area contributed by atoms with Crippen molar-refractivity contribution in [3.05, 3.63) is 0 Å². The monoisotopic (exact) mass is 283 g/mol. The van der Waals surface area contributed by atoms with Crippen LogP contribution in [0.1, 0.15) is 52.4 Å². The summed E-state index contributed by atoms with van der Waals surface area (Å²) in [6, 6.07) is 0.198. The number of rotatable bonds is 6. The first-order chi connectivity index (χ1) is 9.41. The van der Waals surface area contributed by atoms with Gasteiger partial charge in [-0.1, -0.05) is 39.5 Å². The fourth-order valence-corrected chi connectivity index (χ4v) is 3.07. The normalized spacial score (nSPS) is 20.8. The Morgan fingerprint density at radius 1 is 1.20 bits per heavy atom. The van der Waals surface area contributed by atoms with Crippen molar-refractivity contribution in [2.45, 2.75) is 58.4 Å². The Labute approximate surface area is 124 Å². The maximum Gasteiger partial charge on any atom is 0.227 e. The summed E-state index contributed by atoms with van der Waals surface area (Å²) < 4.78 is 0. The molecule has 1 rings (SSSR count). The minimum atomic E-state index is -0.323. The molecule has 1 aliphatic carbocycles. The van der Waals surface area contributed by atoms with Crippen molar-refractivity contribution in [1.29, 1.82) is 0 Å². The zero-order valence-corrected chi connectivity index (χ0v) is 13.7. The second-order valence-electron chi connectivity index (χ2n) is 6.98. The molecule has 3 N–H and O–H groups in total. The molecule has 1 amide bonds. The van der Waals surface area contributed by atoms with E-state index in [9.17, 15) is 4.79 Å². The second-order valence-corrected chi connectivity index (χ2v) is 6.98. The zero-order chi connectivity index (χ0) is 15.2. The third-order valence-electron chi connectivity index (χ3n) is 4.62. The topological polar surface area (TPSA) is 58.4 Å². The van der Waals surface area contributed by atoms with E-state index in [1.807, 2.05) is 14.1 Å². The molecule has 0 spiro atoms. The lowest BCUT2D eigenvalue weighted by Crippen LogP contribution is -2.53. The van der Waals surface area contributed by atoms with E-state index in [1.165, 1.54) is 12.8 Å². The van der Waals surface area contributed by atoms with Gasteiger partial charge < -0.3 is 16.0 Å². The van der Waals surface area contributed by atoms with E-state index in [2.05, 4.69) is 24.1 Å². The molecule has 118 valence electrons. The Balaban J connectivity index is 2.73. The van der Waals surface area contributed by atoms with E-state index in [-0.39, 0.29) is 17.4 Å². The summed E-state index contributed by atoms with van der Waals surface area (Å²) in [5, 5.41) is 3.28. The minimum absolute atomic E-state index is 0.183. The molecule has 1 unspecified atom stereocenters. The van der Waals surface area contributed by atoms with Crippen LogP contribution in [0, 0.1) is 11.3 Å². The molecule has 1 saturated carbocycles. The van der Waals surface area contributed by atoms with Gasteiger partial charge in [0.25, 0.3) is 0 Å². The number of amides is 1. The summed E-state index contributed by atoms with van der Waals surface area (Å²) in [4.78, 5) is 14.9. The molecule has 0 saturated heterocycles. The van der Waals surface area contributed by atoms with Crippen LogP contribution in [0.4, 0.5) is 0 Å². The Kier molecular flexibility index (Phi) is 6.96. The zero-order valence-electron chi connectivity index (χ0n) is 13.7. The quantitative estimate of drug-likeness (QED) is 0.733. The van der Waals surface area contributed by atoms with Gasteiger partial charge in [-0.25, -0.2) is 0 Å². The molecular weight excluding hydrogens is 250 g/mol. The predicted octanol–water partition coefficient (Wildman–Crippen LogP) is 1.99. The summed E-state index contributed by atoms with van der Waals surface area (Å²) >= 11 is 0. The first-order valence-corrected chi connectivity index (χ1v) is 8.07. The number of hydrogen-bond donors (Lipinski definition) is 2. The number of carbonyl (C=O) groups excluding carboxylic acids is 1. The average molecular weight is 283 g/mol. The molecular formula is C16H33N3O. The summed E-state index contributed by atoms with van der Waals surface area (Å²) in [7, 11) is 4.10. The number of likely N-dealkylation sites (N-methyl/N-ethyl adjacent to an activating group) is 1. The van der Waals surface area contributed by atoms with Gasteiger partial charge in [0, 0.05) is 19.1 Å². The Bertz CT molecular complexity index is 294. The molecule has 0 aromatic carbocycles. The first-order valence-electron chi connectivity index (χ1n) is 8.07. The maximum atomic E-state index is 12.8. The van der Waals surface area contributed by atoms with Crippen LogP contribution in [0.5, 0.6) is 0 Å². The van der Waals surface area contributed by atoms with Gasteiger partial charge in [-0.15, -0.1) is 0 Å². The van der Waals surface area contributed by atoms with E-state index in [4.69, 9.17) is 5.73 Å². The Morgan fingerprint density at radius 2 is 1.75 bits per heavy atom. The van der Waals surface area contributed by atoms with Gasteiger partial charge in [0.1, 0.15) is 0 Å². The SMILES string of the molecule is CC(C)C(CN(C)C)NC(=O)C1(CN)CCCCCC1. The van der Waals surface area contributed by atoms with Crippen molar-refractivity contribution in [3.8, 4) is 0 Å². The van der Waals surface area contributed by atoms with Gasteiger partial charge in [0.2, 0.25) is 5.91 Å². The summed E-state index contributed by atoms with van der Waals surface area (Å²) in [5.74, 6) is 0.615. The minimum Gasteiger partial charge on any atom is -0.351 e. The number of carbonyl (C=O) groups is 1. The highest BCUT2D eigenvalue weighted by Crippen LogP contribution is 2.34. The fraction of sp³-hybridized carbons (Fsp3) is 0.938. The van der Waals surface area contributed by atoms with Crippen LogP contribution >= 0.6 is 0 Å². The molecule has 1 atom stereocenters. The summed E-state index contributed by atoms with van der Waals surface area (Å²) in [6.45, 7) is 5.68. The second kappa shape index (κ2) is 7.99. The highest BCUT2D eigenvalue weighted by molar-refractivity contribution is 5.83. The Morgan fingerprint density at radius 3 is 2.15 bits per heavy atom. The van der Waals surface area contributed by atoms with Crippen LogP contribution in [0.15, 0.2) is 0 Å². The van der Waals surface area contributed by atoms with Crippen molar-refractivity contribution in [2.24, 2.45) is 17.1 Å². The average Bonchev–Trinajstić information content (AvgIpc) is 2.63. The first kappa shape index (κ1) is 17.4. The number of nitrogens with zero attached hydrogens (tertiary/aromatic N) is 1. The third-order valence-corrected chi connectivity index (χ3v) is 4.62. The molecule has 20 heavy (non-hydrogen) atoms. The van der Waals surface area contributed by atoms with Crippen molar-refractivity contribution >= 4 is 5.91 Å². The highest BCUT2D eigenvalue weighted by Gasteiger charge is 2.38. The van der Waals surface area contributed by atoms with Gasteiger partial charge in [-0.3, -0.25) is 4.79 Å². The largest absolute Gasteiger partial charge is 0.351 e. The van der Waals surface area contributed by atoms with Crippen LogP contribution in [0.25, 0.3) is 0 Å². The smallest absolute Gasteiger partial charge is 0.227 e. The lowest BCUT2D eigenvalue weighted by molar-refractivity contribution is -0.132. The van der Waals surface area contributed by atoms with Crippen LogP contribution in [-0.4, -0.2) is 44.0 Å². The van der Waals surface area contributed by atoms with Gasteiger partial charge >= 0.3 is 0 Å². The highest BCUT2D eigenvalue weighted by atomic mass is 16.2. The van der Waals surface area contributed by atoms with Gasteiger partial charge in [-0.05, 0) is 32.9 Å². The molecule has 4 nitrogen and oxygen atoms in total. The molecule has 0 heterocycles. The van der Waals surface area contributed by atoms with Crippen molar-refractivity contribution in [2.75, 3.05) is 27.2 Å². The Hall–Kier alpha value is -0.610. The van der Waals surface area contributed by atoms with E-state index in [1.54, 1.807) is 0 Å². The predicted molar refractivity (Wildman–Crippen MR) is 84.5 cm³/mol. The third kappa shape index (κ3) is 4.74. The van der Waals surface area contributed by atoms with E-state index < -0.39 is 0 Å². The van der Waals surface area contributed by atoms with Crippen molar-refractivity contribution in [1.82, 2.24) is 10.2 Å². The van der Waals surface area contributed by atoms with Crippen molar-refractivity contribution in [3.63, 3.8) is 0 Å². The lowest BCUT2D eigenvalue weighted by atomic mass is 9.79. The number of nitrogens with one attached hydrogen (secondary N) is 1. The molecule has 0 aromatic heterocycles. The van der Waals surface area contributed by atoms with Gasteiger partial charge in [-0.2, -0.15) is 0 Å². The summed E-state index contributed by atoms with van der Waals surface area (Å²) in [6.07, 6.45) is 6.63.